The Morgan fingerprint density at radius 2 is 2.36 bits per heavy atom. The lowest BCUT2D eigenvalue weighted by Gasteiger charge is -2.08. The first-order valence-corrected chi connectivity index (χ1v) is 4.79. The van der Waals surface area contributed by atoms with Gasteiger partial charge in [-0.1, -0.05) is 6.92 Å². The number of nitrogens with two attached hydrogens (primary N) is 1. The fourth-order valence-corrected chi connectivity index (χ4v) is 1.67. The number of aliphatic hydroxyl groups excluding tert-OH is 1. The molecule has 4 heteroatoms. The van der Waals surface area contributed by atoms with Gasteiger partial charge in [0.25, 0.3) is 0 Å². The van der Waals surface area contributed by atoms with E-state index in [0.717, 1.165) is 18.6 Å². The highest BCUT2D eigenvalue weighted by atomic mass is 32.2. The molecule has 3 N–H and O–H groups in total. The smallest absolute Gasteiger partial charge is 0.230 e. The summed E-state index contributed by atoms with van der Waals surface area (Å²) in [6, 6.07) is 0. The van der Waals surface area contributed by atoms with Crippen LogP contribution in [0.5, 0.6) is 0 Å². The molecule has 66 valence electrons. The van der Waals surface area contributed by atoms with Crippen molar-refractivity contribution in [2.24, 2.45) is 5.73 Å². The minimum absolute atomic E-state index is 0.0819. The fourth-order valence-electron chi connectivity index (χ4n) is 0.691. The van der Waals surface area contributed by atoms with E-state index in [0.29, 0.717) is 0 Å². The first-order chi connectivity index (χ1) is 5.22. The Kier molecular flexibility index (Phi) is 6.36. The Hall–Kier alpha value is -0.220. The Labute approximate surface area is 71.3 Å². The van der Waals surface area contributed by atoms with Crippen LogP contribution in [0.15, 0.2) is 0 Å². The molecule has 0 saturated heterocycles. The quantitative estimate of drug-likeness (QED) is 0.576. The molecule has 0 heterocycles. The number of aliphatic hydroxyl groups is 1. The molecule has 1 unspecified atom stereocenters. The van der Waals surface area contributed by atoms with Gasteiger partial charge in [-0.2, -0.15) is 0 Å². The van der Waals surface area contributed by atoms with E-state index < -0.39 is 0 Å². The van der Waals surface area contributed by atoms with Gasteiger partial charge in [-0.15, -0.1) is 11.8 Å². The zero-order valence-electron chi connectivity index (χ0n) is 6.75. The van der Waals surface area contributed by atoms with Gasteiger partial charge < -0.3 is 10.8 Å². The number of hydrogen-bond acceptors (Lipinski definition) is 3. The van der Waals surface area contributed by atoms with Crippen molar-refractivity contribution in [3.63, 3.8) is 0 Å². The minimum Gasteiger partial charge on any atom is -0.396 e. The minimum atomic E-state index is -0.254. The highest BCUT2D eigenvalue weighted by Crippen LogP contribution is 2.14. The van der Waals surface area contributed by atoms with Crippen LogP contribution in [0.4, 0.5) is 0 Å². The molecule has 0 saturated carbocycles. The molecule has 0 rings (SSSR count). The van der Waals surface area contributed by atoms with Crippen LogP contribution in [0.1, 0.15) is 19.8 Å². The topological polar surface area (TPSA) is 63.3 Å². The van der Waals surface area contributed by atoms with Gasteiger partial charge in [0.2, 0.25) is 5.91 Å². The fraction of sp³-hybridized carbons (Fsp3) is 0.857. The zero-order chi connectivity index (χ0) is 8.69. The first-order valence-electron chi connectivity index (χ1n) is 3.74. The number of carbonyl (C=O) groups excluding carboxylic acids is 1. The van der Waals surface area contributed by atoms with Gasteiger partial charge in [0.05, 0.1) is 5.25 Å². The third-order valence-corrected chi connectivity index (χ3v) is 2.80. The van der Waals surface area contributed by atoms with Crippen LogP contribution in [0, 0.1) is 0 Å². The van der Waals surface area contributed by atoms with E-state index in [9.17, 15) is 4.79 Å². The van der Waals surface area contributed by atoms with Gasteiger partial charge in [0.15, 0.2) is 0 Å². The van der Waals surface area contributed by atoms with E-state index in [-0.39, 0.29) is 17.8 Å². The second-order valence-corrected chi connectivity index (χ2v) is 3.56. The molecule has 0 aliphatic carbocycles. The Morgan fingerprint density at radius 3 is 2.73 bits per heavy atom. The van der Waals surface area contributed by atoms with E-state index in [1.807, 2.05) is 6.92 Å². The number of amides is 1. The summed E-state index contributed by atoms with van der Waals surface area (Å²) >= 11 is 1.52. The summed E-state index contributed by atoms with van der Waals surface area (Å²) in [7, 11) is 0. The van der Waals surface area contributed by atoms with Crippen LogP contribution in [0.25, 0.3) is 0 Å². The lowest BCUT2D eigenvalue weighted by molar-refractivity contribution is -0.117. The van der Waals surface area contributed by atoms with Crippen molar-refractivity contribution >= 4 is 17.7 Å². The molecule has 11 heavy (non-hydrogen) atoms. The molecule has 1 amide bonds. The summed E-state index contributed by atoms with van der Waals surface area (Å²) in [5.41, 5.74) is 5.11. The molecular formula is C7H15NO2S. The summed E-state index contributed by atoms with van der Waals surface area (Å²) < 4.78 is 0. The molecule has 0 radical (unpaired) electrons. The maximum atomic E-state index is 10.7. The Balaban J connectivity index is 3.44. The molecule has 0 aromatic rings. The average molecular weight is 177 g/mol. The zero-order valence-corrected chi connectivity index (χ0v) is 7.56. The molecule has 0 aromatic carbocycles. The van der Waals surface area contributed by atoms with E-state index in [2.05, 4.69) is 0 Å². The van der Waals surface area contributed by atoms with Crippen molar-refractivity contribution in [1.29, 1.82) is 0 Å². The van der Waals surface area contributed by atoms with E-state index >= 15 is 0 Å². The second kappa shape index (κ2) is 6.49. The standard InChI is InChI=1S/C7H15NO2S/c1-2-6(7(8)10)11-5-3-4-9/h6,9H,2-5H2,1H3,(H2,8,10). The first kappa shape index (κ1) is 10.8. The van der Waals surface area contributed by atoms with Gasteiger partial charge in [-0.3, -0.25) is 4.79 Å². The highest BCUT2D eigenvalue weighted by molar-refractivity contribution is 8.00. The largest absolute Gasteiger partial charge is 0.396 e. The number of rotatable bonds is 6. The Bertz CT molecular complexity index is 119. The van der Waals surface area contributed by atoms with Crippen molar-refractivity contribution < 1.29 is 9.90 Å². The second-order valence-electron chi connectivity index (χ2n) is 2.25. The van der Waals surface area contributed by atoms with Gasteiger partial charge in [0, 0.05) is 6.61 Å². The van der Waals surface area contributed by atoms with Crippen LogP contribution in [-0.2, 0) is 4.79 Å². The van der Waals surface area contributed by atoms with Crippen molar-refractivity contribution in [3.05, 3.63) is 0 Å². The number of primary amides is 1. The summed E-state index contributed by atoms with van der Waals surface area (Å²) in [6.07, 6.45) is 1.50. The highest BCUT2D eigenvalue weighted by Gasteiger charge is 2.11. The molecule has 0 aliphatic rings. The van der Waals surface area contributed by atoms with Gasteiger partial charge in [-0.05, 0) is 18.6 Å². The number of hydrogen-bond donors (Lipinski definition) is 2. The molecule has 0 fully saturated rings. The third kappa shape index (κ3) is 5.09. The predicted molar refractivity (Wildman–Crippen MR) is 47.4 cm³/mol. The average Bonchev–Trinajstić information content (AvgIpc) is 1.97. The maximum Gasteiger partial charge on any atom is 0.230 e. The molecule has 0 aliphatic heterocycles. The van der Waals surface area contributed by atoms with E-state index in [1.54, 1.807) is 0 Å². The lowest BCUT2D eigenvalue weighted by Crippen LogP contribution is -2.25. The van der Waals surface area contributed by atoms with E-state index in [4.69, 9.17) is 10.8 Å². The van der Waals surface area contributed by atoms with Crippen molar-refractivity contribution in [3.8, 4) is 0 Å². The van der Waals surface area contributed by atoms with Crippen molar-refractivity contribution in [1.82, 2.24) is 0 Å². The van der Waals surface area contributed by atoms with Gasteiger partial charge in [-0.25, -0.2) is 0 Å². The predicted octanol–water partition coefficient (Wildman–Crippen LogP) is 0.366. The van der Waals surface area contributed by atoms with Crippen LogP contribution in [0.2, 0.25) is 0 Å². The normalized spacial score (nSPS) is 12.9. The molecule has 0 bridgehead atoms. The van der Waals surface area contributed by atoms with Gasteiger partial charge >= 0.3 is 0 Å². The third-order valence-electron chi connectivity index (χ3n) is 1.31. The van der Waals surface area contributed by atoms with Crippen LogP contribution in [-0.4, -0.2) is 28.6 Å². The van der Waals surface area contributed by atoms with E-state index in [1.165, 1.54) is 11.8 Å². The lowest BCUT2D eigenvalue weighted by atomic mass is 10.3. The Morgan fingerprint density at radius 1 is 1.73 bits per heavy atom. The summed E-state index contributed by atoms with van der Waals surface area (Å²) in [6.45, 7) is 2.11. The van der Waals surface area contributed by atoms with Crippen molar-refractivity contribution in [2.75, 3.05) is 12.4 Å². The van der Waals surface area contributed by atoms with Crippen molar-refractivity contribution in [2.45, 2.75) is 25.0 Å². The number of thioether (sulfide) groups is 1. The summed E-state index contributed by atoms with van der Waals surface area (Å²) in [5.74, 6) is 0.549. The van der Waals surface area contributed by atoms with Gasteiger partial charge in [0.1, 0.15) is 0 Å². The SMILES string of the molecule is CCC(SCCCO)C(N)=O. The van der Waals surface area contributed by atoms with Crippen LogP contribution in [0.3, 0.4) is 0 Å². The molecule has 1 atom stereocenters. The van der Waals surface area contributed by atoms with Crippen LogP contribution >= 0.6 is 11.8 Å². The molecule has 3 nitrogen and oxygen atoms in total. The molecule has 0 spiro atoms. The maximum absolute atomic E-state index is 10.7. The molecule has 0 aromatic heterocycles. The molecular weight excluding hydrogens is 162 g/mol. The number of carbonyl (C=O) groups is 1. The van der Waals surface area contributed by atoms with Crippen LogP contribution < -0.4 is 5.73 Å². The monoisotopic (exact) mass is 177 g/mol. The summed E-state index contributed by atoms with van der Waals surface area (Å²) in [5, 5.41) is 8.38. The summed E-state index contributed by atoms with van der Waals surface area (Å²) in [4.78, 5) is 10.7.